The highest BCUT2D eigenvalue weighted by atomic mass is 16.3. The van der Waals surface area contributed by atoms with Gasteiger partial charge >= 0.3 is 0 Å². The van der Waals surface area contributed by atoms with Gasteiger partial charge in [-0.3, -0.25) is 0 Å². The molecule has 0 aromatic carbocycles. The molecule has 0 saturated heterocycles. The second kappa shape index (κ2) is 2.53. The average molecular weight is 164 g/mol. The van der Waals surface area contributed by atoms with E-state index in [1.807, 2.05) is 0 Å². The summed E-state index contributed by atoms with van der Waals surface area (Å²) in [5, 5.41) is 13.3. The summed E-state index contributed by atoms with van der Waals surface area (Å²) < 4.78 is 1.52. The van der Waals surface area contributed by atoms with Crippen molar-refractivity contribution < 1.29 is 5.11 Å². The molecule has 5 heteroatoms. The Labute approximate surface area is 68.7 Å². The van der Waals surface area contributed by atoms with Crippen molar-refractivity contribution in [1.29, 1.82) is 0 Å². The third kappa shape index (κ3) is 0.947. The second-order valence-electron chi connectivity index (χ2n) is 2.51. The van der Waals surface area contributed by atoms with Crippen LogP contribution in [0.1, 0.15) is 18.7 Å². The maximum atomic E-state index is 9.28. The van der Waals surface area contributed by atoms with E-state index in [4.69, 9.17) is 0 Å². The van der Waals surface area contributed by atoms with Crippen molar-refractivity contribution in [2.45, 2.75) is 13.0 Å². The van der Waals surface area contributed by atoms with E-state index in [-0.39, 0.29) is 0 Å². The Bertz CT molecular complexity index is 395. The van der Waals surface area contributed by atoms with Gasteiger partial charge in [0.05, 0.1) is 30.4 Å². The van der Waals surface area contributed by atoms with E-state index in [0.29, 0.717) is 11.5 Å². The maximum Gasteiger partial charge on any atom is 0.250 e. The molecule has 0 fully saturated rings. The summed E-state index contributed by atoms with van der Waals surface area (Å²) in [7, 11) is 0. The molecule has 2 heterocycles. The molecule has 0 radical (unpaired) electrons. The van der Waals surface area contributed by atoms with Gasteiger partial charge in [-0.15, -0.1) is 0 Å². The second-order valence-corrected chi connectivity index (χ2v) is 2.51. The topological polar surface area (TPSA) is 63.3 Å². The fraction of sp³-hybridized carbons (Fsp3) is 0.286. The zero-order chi connectivity index (χ0) is 8.55. The Kier molecular flexibility index (Phi) is 1.51. The van der Waals surface area contributed by atoms with Gasteiger partial charge in [0.15, 0.2) is 0 Å². The summed E-state index contributed by atoms with van der Waals surface area (Å²) in [5.74, 6) is 0.508. The standard InChI is InChI=1S/C7H8N4O/c1-5(12)6-4-9-7-8-2-3-10-11(6)7/h2-5,12H,1H3. The van der Waals surface area contributed by atoms with Crippen LogP contribution in [-0.2, 0) is 0 Å². The number of fused-ring (bicyclic) bond motifs is 1. The van der Waals surface area contributed by atoms with E-state index in [9.17, 15) is 5.11 Å². The van der Waals surface area contributed by atoms with Gasteiger partial charge in [0.1, 0.15) is 0 Å². The van der Waals surface area contributed by atoms with Crippen LogP contribution < -0.4 is 0 Å². The molecular formula is C7H8N4O. The SMILES string of the molecule is CC(O)c1cnc2nccnn12. The van der Waals surface area contributed by atoms with Crippen molar-refractivity contribution in [2.75, 3.05) is 0 Å². The van der Waals surface area contributed by atoms with E-state index >= 15 is 0 Å². The summed E-state index contributed by atoms with van der Waals surface area (Å²) in [6.45, 7) is 1.66. The lowest BCUT2D eigenvalue weighted by molar-refractivity contribution is 0.192. The van der Waals surface area contributed by atoms with E-state index in [2.05, 4.69) is 15.1 Å². The molecule has 0 spiro atoms. The lowest BCUT2D eigenvalue weighted by atomic mass is 10.3. The van der Waals surface area contributed by atoms with Crippen LogP contribution in [0.4, 0.5) is 0 Å². The first-order chi connectivity index (χ1) is 5.79. The van der Waals surface area contributed by atoms with Gasteiger partial charge in [0.25, 0.3) is 5.78 Å². The van der Waals surface area contributed by atoms with Crippen LogP contribution in [0.3, 0.4) is 0 Å². The Balaban J connectivity index is 2.70. The summed E-state index contributed by atoms with van der Waals surface area (Å²) in [6.07, 6.45) is 4.12. The van der Waals surface area contributed by atoms with Crippen molar-refractivity contribution >= 4 is 5.78 Å². The van der Waals surface area contributed by atoms with Gasteiger partial charge in [-0.05, 0) is 6.92 Å². The van der Waals surface area contributed by atoms with Gasteiger partial charge in [0, 0.05) is 0 Å². The number of nitrogens with zero attached hydrogens (tertiary/aromatic N) is 4. The molecule has 0 saturated carbocycles. The molecule has 0 aliphatic rings. The number of aromatic nitrogens is 4. The average Bonchev–Trinajstić information content (AvgIpc) is 2.47. The molecule has 1 unspecified atom stereocenters. The van der Waals surface area contributed by atoms with Gasteiger partial charge in [-0.25, -0.2) is 9.97 Å². The third-order valence-electron chi connectivity index (χ3n) is 1.61. The van der Waals surface area contributed by atoms with E-state index in [0.717, 1.165) is 0 Å². The number of aliphatic hydroxyl groups excluding tert-OH is 1. The van der Waals surface area contributed by atoms with Crippen LogP contribution in [-0.4, -0.2) is 24.7 Å². The molecule has 0 amide bonds. The van der Waals surface area contributed by atoms with Crippen LogP contribution in [0.5, 0.6) is 0 Å². The number of hydrogen-bond donors (Lipinski definition) is 1. The number of rotatable bonds is 1. The van der Waals surface area contributed by atoms with E-state index < -0.39 is 6.10 Å². The van der Waals surface area contributed by atoms with Crippen molar-refractivity contribution in [3.05, 3.63) is 24.3 Å². The smallest absolute Gasteiger partial charge is 0.250 e. The largest absolute Gasteiger partial charge is 0.387 e. The molecule has 5 nitrogen and oxygen atoms in total. The lowest BCUT2D eigenvalue weighted by Crippen LogP contribution is -2.00. The number of imidazole rings is 1. The van der Waals surface area contributed by atoms with Gasteiger partial charge in [-0.2, -0.15) is 9.61 Å². The molecule has 1 atom stereocenters. The van der Waals surface area contributed by atoms with Crippen LogP contribution in [0.15, 0.2) is 18.6 Å². The molecule has 62 valence electrons. The van der Waals surface area contributed by atoms with Crippen molar-refractivity contribution in [3.63, 3.8) is 0 Å². The lowest BCUT2D eigenvalue weighted by Gasteiger charge is -2.00. The van der Waals surface area contributed by atoms with E-state index in [1.54, 1.807) is 25.5 Å². The zero-order valence-corrected chi connectivity index (χ0v) is 6.55. The zero-order valence-electron chi connectivity index (χ0n) is 6.55. The van der Waals surface area contributed by atoms with Gasteiger partial charge < -0.3 is 5.11 Å². The van der Waals surface area contributed by atoms with Gasteiger partial charge in [-0.1, -0.05) is 0 Å². The maximum absolute atomic E-state index is 9.28. The van der Waals surface area contributed by atoms with Crippen LogP contribution >= 0.6 is 0 Å². The highest BCUT2D eigenvalue weighted by Gasteiger charge is 2.08. The minimum atomic E-state index is -0.573. The minimum absolute atomic E-state index is 0.508. The predicted molar refractivity (Wildman–Crippen MR) is 41.4 cm³/mol. The van der Waals surface area contributed by atoms with Crippen molar-refractivity contribution in [1.82, 2.24) is 19.6 Å². The van der Waals surface area contributed by atoms with Crippen LogP contribution in [0.25, 0.3) is 5.78 Å². The van der Waals surface area contributed by atoms with E-state index in [1.165, 1.54) is 4.52 Å². The van der Waals surface area contributed by atoms with Crippen LogP contribution in [0, 0.1) is 0 Å². The first-order valence-corrected chi connectivity index (χ1v) is 3.62. The highest BCUT2D eigenvalue weighted by molar-refractivity contribution is 5.28. The molecule has 1 N–H and O–H groups in total. The summed E-state index contributed by atoms with van der Waals surface area (Å²) >= 11 is 0. The number of hydrogen-bond acceptors (Lipinski definition) is 4. The first kappa shape index (κ1) is 7.17. The van der Waals surface area contributed by atoms with Crippen molar-refractivity contribution in [3.8, 4) is 0 Å². The first-order valence-electron chi connectivity index (χ1n) is 3.62. The predicted octanol–water partition coefficient (Wildman–Crippen LogP) is 0.178. The monoisotopic (exact) mass is 164 g/mol. The third-order valence-corrected chi connectivity index (χ3v) is 1.61. The Morgan fingerprint density at radius 1 is 1.42 bits per heavy atom. The quantitative estimate of drug-likeness (QED) is 0.653. The molecular weight excluding hydrogens is 156 g/mol. The molecule has 2 aromatic heterocycles. The summed E-state index contributed by atoms with van der Waals surface area (Å²) in [5.41, 5.74) is 0.651. The fourth-order valence-corrected chi connectivity index (χ4v) is 1.04. The summed E-state index contributed by atoms with van der Waals surface area (Å²) in [6, 6.07) is 0. The highest BCUT2D eigenvalue weighted by Crippen LogP contribution is 2.10. The van der Waals surface area contributed by atoms with Crippen molar-refractivity contribution in [2.24, 2.45) is 0 Å². The minimum Gasteiger partial charge on any atom is -0.387 e. The molecule has 2 rings (SSSR count). The fourth-order valence-electron chi connectivity index (χ4n) is 1.04. The van der Waals surface area contributed by atoms with Crippen LogP contribution in [0.2, 0.25) is 0 Å². The Morgan fingerprint density at radius 2 is 2.25 bits per heavy atom. The molecule has 2 aromatic rings. The molecule has 0 aliphatic heterocycles. The molecule has 0 aliphatic carbocycles. The molecule has 0 bridgehead atoms. The molecule has 12 heavy (non-hydrogen) atoms. The van der Waals surface area contributed by atoms with Gasteiger partial charge in [0.2, 0.25) is 0 Å². The Morgan fingerprint density at radius 3 is 3.00 bits per heavy atom. The number of aliphatic hydroxyl groups is 1. The Hall–Kier alpha value is -1.49. The normalized spacial score (nSPS) is 13.5. The summed E-state index contributed by atoms with van der Waals surface area (Å²) in [4.78, 5) is 7.93.